The number of hydrazone groups is 1. The molecular formula is C24H17BrN4O5. The maximum Gasteiger partial charge on any atom is 0.271 e. The number of para-hydroxylation sites is 1. The van der Waals surface area contributed by atoms with Crippen LogP contribution in [0.15, 0.2) is 82.4 Å². The molecular weight excluding hydrogens is 504 g/mol. The SMILES string of the molecule is COc1ccc([N+](=O)[O-])cc1N1C(=O)[C@H]2C(c3ccc(Br)cc3)=NN(c3ccccc3)[C@@H]2C1=O. The highest BCUT2D eigenvalue weighted by molar-refractivity contribution is 9.10. The molecule has 0 spiro atoms. The zero-order chi connectivity index (χ0) is 24.0. The summed E-state index contributed by atoms with van der Waals surface area (Å²) in [6.45, 7) is 0. The molecule has 170 valence electrons. The average molecular weight is 521 g/mol. The molecule has 0 N–H and O–H groups in total. The number of nitro benzene ring substituents is 1. The summed E-state index contributed by atoms with van der Waals surface area (Å²) in [5, 5.41) is 17.6. The number of nitro groups is 1. The van der Waals surface area contributed by atoms with Crippen molar-refractivity contribution in [1.82, 2.24) is 0 Å². The van der Waals surface area contributed by atoms with Crippen molar-refractivity contribution in [3.63, 3.8) is 0 Å². The molecule has 0 aromatic heterocycles. The number of methoxy groups -OCH3 is 1. The highest BCUT2D eigenvalue weighted by atomic mass is 79.9. The van der Waals surface area contributed by atoms with Crippen LogP contribution in [0.1, 0.15) is 5.56 Å². The van der Waals surface area contributed by atoms with Gasteiger partial charge in [0.2, 0.25) is 5.91 Å². The van der Waals surface area contributed by atoms with Crippen LogP contribution in [-0.2, 0) is 9.59 Å². The number of rotatable bonds is 5. The molecule has 10 heteroatoms. The van der Waals surface area contributed by atoms with E-state index in [-0.39, 0.29) is 17.1 Å². The van der Waals surface area contributed by atoms with Crippen LogP contribution < -0.4 is 14.6 Å². The average Bonchev–Trinajstić information content (AvgIpc) is 3.36. The molecule has 2 heterocycles. The van der Waals surface area contributed by atoms with Crippen LogP contribution in [0.4, 0.5) is 17.1 Å². The van der Waals surface area contributed by atoms with E-state index in [0.717, 1.165) is 9.37 Å². The van der Waals surface area contributed by atoms with Crippen molar-refractivity contribution in [3.8, 4) is 5.75 Å². The second-order valence-electron chi connectivity index (χ2n) is 7.72. The number of hydrogen-bond donors (Lipinski definition) is 0. The smallest absolute Gasteiger partial charge is 0.271 e. The van der Waals surface area contributed by atoms with Crippen LogP contribution in [0.5, 0.6) is 5.75 Å². The number of ether oxygens (including phenoxy) is 1. The van der Waals surface area contributed by atoms with Crippen LogP contribution >= 0.6 is 15.9 Å². The van der Waals surface area contributed by atoms with Gasteiger partial charge in [-0.05, 0) is 35.9 Å². The van der Waals surface area contributed by atoms with E-state index in [4.69, 9.17) is 4.74 Å². The second kappa shape index (κ2) is 8.38. The highest BCUT2D eigenvalue weighted by Crippen LogP contribution is 2.42. The molecule has 0 saturated carbocycles. The number of imide groups is 1. The van der Waals surface area contributed by atoms with Gasteiger partial charge in [0.15, 0.2) is 0 Å². The molecule has 2 aliphatic heterocycles. The number of anilines is 2. The highest BCUT2D eigenvalue weighted by Gasteiger charge is 2.58. The summed E-state index contributed by atoms with van der Waals surface area (Å²) in [5.74, 6) is -1.76. The van der Waals surface area contributed by atoms with Gasteiger partial charge in [-0.1, -0.05) is 46.3 Å². The third-order valence-corrected chi connectivity index (χ3v) is 6.35. The van der Waals surface area contributed by atoms with Gasteiger partial charge in [0.05, 0.1) is 23.4 Å². The minimum absolute atomic E-state index is 0.0317. The lowest BCUT2D eigenvalue weighted by atomic mass is 9.93. The van der Waals surface area contributed by atoms with Gasteiger partial charge in [-0.25, -0.2) is 4.90 Å². The van der Waals surface area contributed by atoms with Crippen molar-refractivity contribution in [1.29, 1.82) is 0 Å². The van der Waals surface area contributed by atoms with Crippen molar-refractivity contribution >= 4 is 50.5 Å². The van der Waals surface area contributed by atoms with E-state index in [1.165, 1.54) is 25.3 Å². The number of nitrogens with zero attached hydrogens (tertiary/aromatic N) is 4. The Hall–Kier alpha value is -4.05. The minimum atomic E-state index is -0.933. The Morgan fingerprint density at radius 2 is 1.71 bits per heavy atom. The molecule has 3 aromatic carbocycles. The van der Waals surface area contributed by atoms with Gasteiger partial charge in [-0.2, -0.15) is 5.10 Å². The molecule has 5 rings (SSSR count). The number of carbonyl (C=O) groups excluding carboxylic acids is 2. The van der Waals surface area contributed by atoms with Gasteiger partial charge in [-0.15, -0.1) is 0 Å². The van der Waals surface area contributed by atoms with Gasteiger partial charge < -0.3 is 4.74 Å². The summed E-state index contributed by atoms with van der Waals surface area (Å²) in [7, 11) is 1.38. The van der Waals surface area contributed by atoms with Crippen LogP contribution in [-0.4, -0.2) is 35.6 Å². The van der Waals surface area contributed by atoms with Crippen LogP contribution in [0.2, 0.25) is 0 Å². The monoisotopic (exact) mass is 520 g/mol. The third kappa shape index (κ3) is 3.43. The van der Waals surface area contributed by atoms with E-state index in [1.54, 1.807) is 17.1 Å². The first kappa shape index (κ1) is 21.8. The van der Waals surface area contributed by atoms with Crippen molar-refractivity contribution in [2.45, 2.75) is 6.04 Å². The van der Waals surface area contributed by atoms with Gasteiger partial charge in [0.25, 0.3) is 11.6 Å². The molecule has 2 amide bonds. The quantitative estimate of drug-likeness (QED) is 0.284. The first-order valence-electron chi connectivity index (χ1n) is 10.3. The summed E-state index contributed by atoms with van der Waals surface area (Å²) >= 11 is 3.41. The Bertz CT molecular complexity index is 1340. The minimum Gasteiger partial charge on any atom is -0.495 e. The lowest BCUT2D eigenvalue weighted by Crippen LogP contribution is -2.39. The van der Waals surface area contributed by atoms with Crippen molar-refractivity contribution < 1.29 is 19.2 Å². The van der Waals surface area contributed by atoms with E-state index in [0.29, 0.717) is 17.0 Å². The Morgan fingerprint density at radius 3 is 2.35 bits per heavy atom. The molecule has 1 saturated heterocycles. The molecule has 1 fully saturated rings. The standard InChI is InChI=1S/C24H17BrN4O5/c1-34-19-12-11-17(29(32)33)13-18(19)27-23(30)20-21(14-7-9-15(25)10-8-14)26-28(22(20)24(27)31)16-5-3-2-4-6-16/h2-13,20,22H,1H3/t20-,22-/m0/s1. The van der Waals surface area contributed by atoms with Crippen LogP contribution in [0.25, 0.3) is 0 Å². The molecule has 34 heavy (non-hydrogen) atoms. The first-order chi connectivity index (χ1) is 16.4. The van der Waals surface area contributed by atoms with Gasteiger partial charge in [-0.3, -0.25) is 24.7 Å². The van der Waals surface area contributed by atoms with E-state index in [1.807, 2.05) is 42.5 Å². The zero-order valence-electron chi connectivity index (χ0n) is 17.8. The van der Waals surface area contributed by atoms with E-state index in [2.05, 4.69) is 21.0 Å². The molecule has 2 atom stereocenters. The molecule has 0 unspecified atom stereocenters. The lowest BCUT2D eigenvalue weighted by molar-refractivity contribution is -0.384. The maximum absolute atomic E-state index is 13.7. The number of halogens is 1. The molecule has 3 aromatic rings. The lowest BCUT2D eigenvalue weighted by Gasteiger charge is -2.22. The number of hydrogen-bond acceptors (Lipinski definition) is 7. The molecule has 2 aliphatic rings. The summed E-state index contributed by atoms with van der Waals surface area (Å²) in [6, 6.07) is 19.3. The fraction of sp³-hybridized carbons (Fsp3) is 0.125. The van der Waals surface area contributed by atoms with Crippen molar-refractivity contribution in [3.05, 3.63) is 92.9 Å². The number of fused-ring (bicyclic) bond motifs is 1. The number of non-ortho nitro benzene ring substituents is 1. The van der Waals surface area contributed by atoms with Crippen LogP contribution in [0.3, 0.4) is 0 Å². The van der Waals surface area contributed by atoms with E-state index >= 15 is 0 Å². The fourth-order valence-electron chi connectivity index (χ4n) is 4.27. The molecule has 0 bridgehead atoms. The predicted molar refractivity (Wildman–Crippen MR) is 129 cm³/mol. The maximum atomic E-state index is 13.7. The Balaban J connectivity index is 1.65. The van der Waals surface area contributed by atoms with Crippen LogP contribution in [0, 0.1) is 16.0 Å². The molecule has 0 radical (unpaired) electrons. The van der Waals surface area contributed by atoms with Crippen molar-refractivity contribution in [2.24, 2.45) is 11.0 Å². The van der Waals surface area contributed by atoms with Gasteiger partial charge in [0, 0.05) is 16.6 Å². The van der Waals surface area contributed by atoms with Gasteiger partial charge in [0.1, 0.15) is 23.4 Å². The number of carbonyl (C=O) groups is 2. The van der Waals surface area contributed by atoms with E-state index in [9.17, 15) is 19.7 Å². The predicted octanol–water partition coefficient (Wildman–Crippen LogP) is 4.15. The van der Waals surface area contributed by atoms with Gasteiger partial charge >= 0.3 is 0 Å². The topological polar surface area (TPSA) is 105 Å². The zero-order valence-corrected chi connectivity index (χ0v) is 19.4. The Morgan fingerprint density at radius 1 is 1.00 bits per heavy atom. The largest absolute Gasteiger partial charge is 0.495 e. The summed E-state index contributed by atoms with van der Waals surface area (Å²) in [6.07, 6.45) is 0. The van der Waals surface area contributed by atoms with Crippen molar-refractivity contribution in [2.75, 3.05) is 17.0 Å². The molecule has 0 aliphatic carbocycles. The molecule has 9 nitrogen and oxygen atoms in total. The normalized spacial score (nSPS) is 19.3. The second-order valence-corrected chi connectivity index (χ2v) is 8.64. The fourth-order valence-corrected chi connectivity index (χ4v) is 4.54. The third-order valence-electron chi connectivity index (χ3n) is 5.82. The Labute approximate surface area is 202 Å². The summed E-state index contributed by atoms with van der Waals surface area (Å²) in [5.41, 5.74) is 1.58. The summed E-state index contributed by atoms with van der Waals surface area (Å²) < 4.78 is 6.19. The first-order valence-corrected chi connectivity index (χ1v) is 11.1. The van der Waals surface area contributed by atoms with E-state index < -0.39 is 28.7 Å². The Kier molecular flexibility index (Phi) is 5.37. The summed E-state index contributed by atoms with van der Waals surface area (Å²) in [4.78, 5) is 39.2. The number of benzene rings is 3. The number of amides is 2.